The molecule has 0 amide bonds. The van der Waals surface area contributed by atoms with Crippen LogP contribution in [0.15, 0.2) is 12.4 Å². The average molecular weight is 310 g/mol. The summed E-state index contributed by atoms with van der Waals surface area (Å²) in [7, 11) is 1.98. The number of hydrogen-bond acceptors (Lipinski definition) is 5. The summed E-state index contributed by atoms with van der Waals surface area (Å²) in [4.78, 5) is 2.51. The van der Waals surface area contributed by atoms with Gasteiger partial charge < -0.3 is 10.1 Å². The molecule has 2 aliphatic rings. The van der Waals surface area contributed by atoms with Gasteiger partial charge in [0, 0.05) is 43.7 Å². The predicted molar refractivity (Wildman–Crippen MR) is 86.7 cm³/mol. The van der Waals surface area contributed by atoms with Crippen molar-refractivity contribution >= 4 is 11.8 Å². The molecular formula is C15H26N4OS. The van der Waals surface area contributed by atoms with Gasteiger partial charge in [0.15, 0.2) is 0 Å². The molecule has 0 aliphatic carbocycles. The minimum atomic E-state index is 0.216. The highest BCUT2D eigenvalue weighted by molar-refractivity contribution is 7.99. The Morgan fingerprint density at radius 1 is 1.52 bits per heavy atom. The number of morpholine rings is 1. The summed E-state index contributed by atoms with van der Waals surface area (Å²) < 4.78 is 7.98. The van der Waals surface area contributed by atoms with Crippen molar-refractivity contribution in [1.29, 1.82) is 0 Å². The Morgan fingerprint density at radius 3 is 3.10 bits per heavy atom. The van der Waals surface area contributed by atoms with E-state index in [1.54, 1.807) is 0 Å². The number of rotatable bonds is 5. The standard InChI is InChI=1S/C15H26N4OS/c1-3-19-5-6-20-14(9-16-13-4-7-21-11-13)15(19)12-8-17-18(2)10-12/h8,10,13-16H,3-7,9,11H2,1-2H3/t13?,14-,15-/m0/s1. The van der Waals surface area contributed by atoms with Gasteiger partial charge >= 0.3 is 0 Å². The summed E-state index contributed by atoms with van der Waals surface area (Å²) in [6.07, 6.45) is 5.61. The Morgan fingerprint density at radius 2 is 2.43 bits per heavy atom. The molecule has 21 heavy (non-hydrogen) atoms. The van der Waals surface area contributed by atoms with Crippen LogP contribution in [0.4, 0.5) is 0 Å². The van der Waals surface area contributed by atoms with Gasteiger partial charge in [-0.2, -0.15) is 16.9 Å². The van der Waals surface area contributed by atoms with Crippen molar-refractivity contribution in [3.05, 3.63) is 18.0 Å². The van der Waals surface area contributed by atoms with Crippen LogP contribution in [0, 0.1) is 0 Å². The van der Waals surface area contributed by atoms with Crippen LogP contribution in [0.3, 0.4) is 0 Å². The molecule has 0 bridgehead atoms. The van der Waals surface area contributed by atoms with Crippen molar-refractivity contribution in [2.45, 2.75) is 31.5 Å². The van der Waals surface area contributed by atoms with Crippen LogP contribution in [0.5, 0.6) is 0 Å². The maximum atomic E-state index is 6.10. The Kier molecular flexibility index (Phi) is 5.21. The van der Waals surface area contributed by atoms with E-state index in [9.17, 15) is 0 Å². The first-order valence-corrected chi connectivity index (χ1v) is 9.08. The van der Waals surface area contributed by atoms with E-state index in [4.69, 9.17) is 4.74 Å². The summed E-state index contributed by atoms with van der Waals surface area (Å²) in [5.41, 5.74) is 1.27. The van der Waals surface area contributed by atoms with E-state index in [0.29, 0.717) is 12.1 Å². The topological polar surface area (TPSA) is 42.3 Å². The molecule has 6 heteroatoms. The van der Waals surface area contributed by atoms with Crippen molar-refractivity contribution < 1.29 is 4.74 Å². The number of ether oxygens (including phenoxy) is 1. The monoisotopic (exact) mass is 310 g/mol. The highest BCUT2D eigenvalue weighted by Gasteiger charge is 2.34. The lowest BCUT2D eigenvalue weighted by molar-refractivity contribution is -0.0700. The van der Waals surface area contributed by atoms with E-state index in [2.05, 4.69) is 28.4 Å². The molecular weight excluding hydrogens is 284 g/mol. The molecule has 0 aromatic carbocycles. The molecule has 1 aromatic rings. The third-order valence-corrected chi connectivity index (χ3v) is 5.63. The Bertz CT molecular complexity index is 447. The molecule has 0 saturated carbocycles. The fourth-order valence-corrected chi connectivity index (χ4v) is 4.50. The number of thioether (sulfide) groups is 1. The summed E-state index contributed by atoms with van der Waals surface area (Å²) in [5, 5.41) is 8.05. The number of aryl methyl sites for hydroxylation is 1. The van der Waals surface area contributed by atoms with Gasteiger partial charge in [-0.05, 0) is 18.7 Å². The smallest absolute Gasteiger partial charge is 0.0897 e. The van der Waals surface area contributed by atoms with E-state index < -0.39 is 0 Å². The third-order valence-electron chi connectivity index (χ3n) is 4.47. The summed E-state index contributed by atoms with van der Waals surface area (Å²) in [5.74, 6) is 2.53. The van der Waals surface area contributed by atoms with Gasteiger partial charge in [-0.3, -0.25) is 9.58 Å². The number of nitrogens with one attached hydrogen (secondary N) is 1. The van der Waals surface area contributed by atoms with Gasteiger partial charge in [0.05, 0.1) is 24.9 Å². The lowest BCUT2D eigenvalue weighted by Crippen LogP contribution is -2.50. The molecule has 118 valence electrons. The zero-order chi connectivity index (χ0) is 14.7. The number of hydrogen-bond donors (Lipinski definition) is 1. The molecule has 5 nitrogen and oxygen atoms in total. The molecule has 2 fully saturated rings. The molecule has 3 heterocycles. The lowest BCUT2D eigenvalue weighted by Gasteiger charge is -2.40. The van der Waals surface area contributed by atoms with Gasteiger partial charge in [0.25, 0.3) is 0 Å². The summed E-state index contributed by atoms with van der Waals surface area (Å²) in [6, 6.07) is 0.976. The van der Waals surface area contributed by atoms with Gasteiger partial charge in [-0.1, -0.05) is 6.92 Å². The van der Waals surface area contributed by atoms with Gasteiger partial charge in [0.2, 0.25) is 0 Å². The first-order valence-electron chi connectivity index (χ1n) is 7.93. The van der Waals surface area contributed by atoms with Crippen molar-refractivity contribution in [3.63, 3.8) is 0 Å². The average Bonchev–Trinajstić information content (AvgIpc) is 3.16. The van der Waals surface area contributed by atoms with Gasteiger partial charge in [-0.15, -0.1) is 0 Å². The quantitative estimate of drug-likeness (QED) is 0.887. The zero-order valence-corrected chi connectivity index (χ0v) is 13.8. The second kappa shape index (κ2) is 7.13. The maximum Gasteiger partial charge on any atom is 0.0897 e. The Labute approximate surface area is 131 Å². The molecule has 2 aliphatic heterocycles. The normalized spacial score (nSPS) is 30.9. The third kappa shape index (κ3) is 3.62. The van der Waals surface area contributed by atoms with Crippen molar-refractivity contribution in [3.8, 4) is 0 Å². The van der Waals surface area contributed by atoms with Crippen LogP contribution in [-0.4, -0.2) is 64.6 Å². The van der Waals surface area contributed by atoms with Crippen LogP contribution in [0.25, 0.3) is 0 Å². The van der Waals surface area contributed by atoms with Crippen LogP contribution < -0.4 is 5.32 Å². The fraction of sp³-hybridized carbons (Fsp3) is 0.800. The Balaban J connectivity index is 1.69. The largest absolute Gasteiger partial charge is 0.374 e. The van der Waals surface area contributed by atoms with Crippen LogP contribution in [0.2, 0.25) is 0 Å². The van der Waals surface area contributed by atoms with Crippen LogP contribution in [0.1, 0.15) is 24.9 Å². The molecule has 2 saturated heterocycles. The van der Waals surface area contributed by atoms with Gasteiger partial charge in [-0.25, -0.2) is 0 Å². The molecule has 1 unspecified atom stereocenters. The lowest BCUT2D eigenvalue weighted by atomic mass is 10.0. The first-order chi connectivity index (χ1) is 10.3. The Hall–Kier alpha value is -0.560. The van der Waals surface area contributed by atoms with Crippen LogP contribution >= 0.6 is 11.8 Å². The molecule has 3 atom stereocenters. The SMILES string of the molecule is CCN1CCO[C@@H](CNC2CCSC2)[C@@H]1c1cnn(C)c1. The minimum absolute atomic E-state index is 0.216. The van der Waals surface area contributed by atoms with Crippen molar-refractivity contribution in [1.82, 2.24) is 20.0 Å². The number of aromatic nitrogens is 2. The highest BCUT2D eigenvalue weighted by Crippen LogP contribution is 2.29. The molecule has 3 rings (SSSR count). The second-order valence-corrected chi connectivity index (χ2v) is 7.05. The van der Waals surface area contributed by atoms with E-state index in [1.165, 1.54) is 23.5 Å². The van der Waals surface area contributed by atoms with Crippen molar-refractivity contribution in [2.75, 3.05) is 37.7 Å². The van der Waals surface area contributed by atoms with E-state index in [1.807, 2.05) is 29.7 Å². The number of likely N-dealkylation sites (N-methyl/N-ethyl adjacent to an activating group) is 1. The van der Waals surface area contributed by atoms with Crippen LogP contribution in [-0.2, 0) is 11.8 Å². The zero-order valence-electron chi connectivity index (χ0n) is 13.0. The summed E-state index contributed by atoms with van der Waals surface area (Å²) >= 11 is 2.05. The fourth-order valence-electron chi connectivity index (χ4n) is 3.31. The second-order valence-electron chi connectivity index (χ2n) is 5.90. The number of nitrogens with zero attached hydrogens (tertiary/aromatic N) is 3. The molecule has 0 radical (unpaired) electrons. The minimum Gasteiger partial charge on any atom is -0.374 e. The van der Waals surface area contributed by atoms with E-state index >= 15 is 0 Å². The maximum absolute atomic E-state index is 6.10. The predicted octanol–water partition coefficient (Wildman–Crippen LogP) is 1.28. The molecule has 1 N–H and O–H groups in total. The first kappa shape index (κ1) is 15.3. The van der Waals surface area contributed by atoms with E-state index in [0.717, 1.165) is 26.2 Å². The summed E-state index contributed by atoms with van der Waals surface area (Å²) in [6.45, 7) is 6.05. The molecule has 0 spiro atoms. The highest BCUT2D eigenvalue weighted by atomic mass is 32.2. The van der Waals surface area contributed by atoms with Crippen molar-refractivity contribution in [2.24, 2.45) is 7.05 Å². The molecule has 1 aromatic heterocycles. The van der Waals surface area contributed by atoms with E-state index in [-0.39, 0.29) is 6.10 Å². The van der Waals surface area contributed by atoms with Gasteiger partial charge in [0.1, 0.15) is 0 Å².